The van der Waals surface area contributed by atoms with E-state index in [0.29, 0.717) is 5.56 Å². The van der Waals surface area contributed by atoms with Gasteiger partial charge < -0.3 is 10.6 Å². The molecule has 1 fully saturated rings. The minimum Gasteiger partial charge on any atom is -0.382 e. The fourth-order valence-corrected chi connectivity index (χ4v) is 4.24. The highest BCUT2D eigenvalue weighted by molar-refractivity contribution is 6.03. The van der Waals surface area contributed by atoms with Gasteiger partial charge in [0.25, 0.3) is 5.91 Å². The maximum atomic E-state index is 13.7. The number of nitrogens with zero attached hydrogens (tertiary/aromatic N) is 6. The predicted molar refractivity (Wildman–Crippen MR) is 114 cm³/mol. The molecule has 0 aromatic carbocycles. The second kappa shape index (κ2) is 7.42. The Labute approximate surface area is 187 Å². The summed E-state index contributed by atoms with van der Waals surface area (Å²) < 4.78 is 42.1. The molecule has 3 aromatic heterocycles. The molecule has 0 radical (unpaired) electrons. The molecule has 2 amide bonds. The standard InChI is InChI=1S/C21H22F3N7O2/c1-11-9-29(12(2)32)20(3,4)19(33)30(11)16-7-13(5-6-26-16)15-8-14(21(22,23)24)17-18(25)27-10-28-31(15)17/h5-8,10-11H,9H2,1-4H3,(H2,25,27,28)/t11-/m0/s1. The third-order valence-corrected chi connectivity index (χ3v) is 5.86. The summed E-state index contributed by atoms with van der Waals surface area (Å²) in [5, 5.41) is 3.96. The average molecular weight is 461 g/mol. The summed E-state index contributed by atoms with van der Waals surface area (Å²) in [5.74, 6) is -0.614. The number of anilines is 2. The molecule has 4 heterocycles. The number of carbonyl (C=O) groups excluding carboxylic acids is 2. The lowest BCUT2D eigenvalue weighted by Gasteiger charge is -2.48. The van der Waals surface area contributed by atoms with Crippen molar-refractivity contribution >= 4 is 29.0 Å². The molecular weight excluding hydrogens is 439 g/mol. The van der Waals surface area contributed by atoms with Crippen molar-refractivity contribution in [3.8, 4) is 11.3 Å². The van der Waals surface area contributed by atoms with Crippen molar-refractivity contribution in [3.63, 3.8) is 0 Å². The van der Waals surface area contributed by atoms with Crippen LogP contribution in [0, 0.1) is 0 Å². The average Bonchev–Trinajstić information content (AvgIpc) is 3.13. The molecular formula is C21H22F3N7O2. The molecule has 1 saturated heterocycles. The summed E-state index contributed by atoms with van der Waals surface area (Å²) in [6, 6.07) is 3.59. The normalized spacial score (nSPS) is 18.8. The summed E-state index contributed by atoms with van der Waals surface area (Å²) in [5.41, 5.74) is 3.79. The quantitative estimate of drug-likeness (QED) is 0.629. The molecule has 0 aliphatic carbocycles. The van der Waals surface area contributed by atoms with Crippen molar-refractivity contribution in [2.45, 2.75) is 45.5 Å². The molecule has 3 aromatic rings. The highest BCUT2D eigenvalue weighted by Crippen LogP contribution is 2.39. The minimum atomic E-state index is -4.67. The maximum Gasteiger partial charge on any atom is 0.418 e. The predicted octanol–water partition coefficient (Wildman–Crippen LogP) is 2.75. The monoisotopic (exact) mass is 461 g/mol. The second-order valence-corrected chi connectivity index (χ2v) is 8.46. The van der Waals surface area contributed by atoms with E-state index in [-0.39, 0.29) is 41.2 Å². The van der Waals surface area contributed by atoms with Crippen LogP contribution in [0.25, 0.3) is 16.8 Å². The largest absolute Gasteiger partial charge is 0.418 e. The molecule has 33 heavy (non-hydrogen) atoms. The SMILES string of the molecule is CC(=O)N1C[C@H](C)N(c2cc(-c3cc(C(F)(F)F)c4c(N)ncnn34)ccn2)C(=O)C1(C)C. The smallest absolute Gasteiger partial charge is 0.382 e. The van der Waals surface area contributed by atoms with Crippen molar-refractivity contribution in [3.05, 3.63) is 36.3 Å². The van der Waals surface area contributed by atoms with E-state index < -0.39 is 23.3 Å². The van der Waals surface area contributed by atoms with Crippen LogP contribution >= 0.6 is 0 Å². The van der Waals surface area contributed by atoms with Crippen LogP contribution in [0.5, 0.6) is 0 Å². The molecule has 9 nitrogen and oxygen atoms in total. The van der Waals surface area contributed by atoms with Gasteiger partial charge in [-0.25, -0.2) is 14.5 Å². The van der Waals surface area contributed by atoms with Crippen LogP contribution < -0.4 is 10.6 Å². The first-order valence-electron chi connectivity index (χ1n) is 10.1. The first-order chi connectivity index (χ1) is 15.3. The van der Waals surface area contributed by atoms with Crippen LogP contribution in [0.1, 0.15) is 33.3 Å². The number of rotatable bonds is 2. The van der Waals surface area contributed by atoms with Crippen LogP contribution in [0.4, 0.5) is 24.8 Å². The van der Waals surface area contributed by atoms with Gasteiger partial charge in [0, 0.05) is 25.2 Å². The van der Waals surface area contributed by atoms with E-state index in [1.54, 1.807) is 20.8 Å². The van der Waals surface area contributed by atoms with Gasteiger partial charge in [0.15, 0.2) is 5.82 Å². The summed E-state index contributed by atoms with van der Waals surface area (Å²) >= 11 is 0. The Kier molecular flexibility index (Phi) is 5.06. The van der Waals surface area contributed by atoms with Crippen LogP contribution in [0.15, 0.2) is 30.7 Å². The van der Waals surface area contributed by atoms with E-state index >= 15 is 0 Å². The van der Waals surface area contributed by atoms with E-state index in [1.165, 1.54) is 35.1 Å². The topological polar surface area (TPSA) is 110 Å². The summed E-state index contributed by atoms with van der Waals surface area (Å²) in [4.78, 5) is 36.3. The lowest BCUT2D eigenvalue weighted by atomic mass is 9.94. The third-order valence-electron chi connectivity index (χ3n) is 5.86. The van der Waals surface area contributed by atoms with Crippen molar-refractivity contribution in [2.75, 3.05) is 17.2 Å². The van der Waals surface area contributed by atoms with E-state index in [0.717, 1.165) is 16.9 Å². The Morgan fingerprint density at radius 3 is 2.58 bits per heavy atom. The number of halogens is 3. The Morgan fingerprint density at radius 1 is 1.24 bits per heavy atom. The minimum absolute atomic E-state index is 0.122. The number of carbonyl (C=O) groups is 2. The highest BCUT2D eigenvalue weighted by Gasteiger charge is 2.47. The molecule has 0 bridgehead atoms. The molecule has 12 heteroatoms. The zero-order valence-electron chi connectivity index (χ0n) is 18.4. The third kappa shape index (κ3) is 3.55. The van der Waals surface area contributed by atoms with Crippen molar-refractivity contribution in [1.82, 2.24) is 24.5 Å². The number of hydrogen-bond donors (Lipinski definition) is 1. The molecule has 1 aliphatic rings. The van der Waals surface area contributed by atoms with Crippen molar-refractivity contribution in [1.29, 1.82) is 0 Å². The van der Waals surface area contributed by atoms with Gasteiger partial charge in [-0.05, 0) is 39.0 Å². The van der Waals surface area contributed by atoms with Crippen molar-refractivity contribution in [2.24, 2.45) is 0 Å². The lowest BCUT2D eigenvalue weighted by molar-refractivity contribution is -0.146. The van der Waals surface area contributed by atoms with Gasteiger partial charge in [-0.3, -0.25) is 14.5 Å². The number of piperazine rings is 1. The van der Waals surface area contributed by atoms with Crippen LogP contribution in [-0.4, -0.2) is 54.4 Å². The van der Waals surface area contributed by atoms with Crippen LogP contribution in [0.3, 0.4) is 0 Å². The number of fused-ring (bicyclic) bond motifs is 1. The number of amides is 2. The fourth-order valence-electron chi connectivity index (χ4n) is 4.24. The Bertz CT molecular complexity index is 1270. The number of nitrogens with two attached hydrogens (primary N) is 1. The molecule has 4 rings (SSSR count). The molecule has 1 atom stereocenters. The van der Waals surface area contributed by atoms with Gasteiger partial charge in [0.05, 0.1) is 17.3 Å². The zero-order valence-corrected chi connectivity index (χ0v) is 18.4. The van der Waals surface area contributed by atoms with E-state index in [2.05, 4.69) is 15.1 Å². The molecule has 0 saturated carbocycles. The number of aromatic nitrogens is 4. The zero-order chi connectivity index (χ0) is 24.3. The van der Waals surface area contributed by atoms with Crippen molar-refractivity contribution < 1.29 is 22.8 Å². The maximum absolute atomic E-state index is 13.7. The number of hydrogen-bond acceptors (Lipinski definition) is 6. The summed E-state index contributed by atoms with van der Waals surface area (Å²) in [6.45, 7) is 6.76. The van der Waals surface area contributed by atoms with Crippen LogP contribution in [0.2, 0.25) is 0 Å². The number of pyridine rings is 1. The molecule has 174 valence electrons. The van der Waals surface area contributed by atoms with Gasteiger partial charge in [-0.2, -0.15) is 18.3 Å². The first-order valence-corrected chi connectivity index (χ1v) is 10.1. The second-order valence-electron chi connectivity index (χ2n) is 8.46. The van der Waals surface area contributed by atoms with Gasteiger partial charge in [-0.15, -0.1) is 0 Å². The Balaban J connectivity index is 1.84. The first kappa shape index (κ1) is 22.5. The van der Waals surface area contributed by atoms with Gasteiger partial charge in [0.2, 0.25) is 5.91 Å². The summed E-state index contributed by atoms with van der Waals surface area (Å²) in [7, 11) is 0. The molecule has 0 unspecified atom stereocenters. The fraction of sp³-hybridized carbons (Fsp3) is 0.381. The lowest BCUT2D eigenvalue weighted by Crippen LogP contribution is -2.67. The molecule has 0 spiro atoms. The Morgan fingerprint density at radius 2 is 1.94 bits per heavy atom. The van der Waals surface area contributed by atoms with Gasteiger partial charge in [-0.1, -0.05) is 0 Å². The number of nitrogen functional groups attached to an aromatic ring is 1. The van der Waals surface area contributed by atoms with E-state index in [9.17, 15) is 22.8 Å². The van der Waals surface area contributed by atoms with Crippen LogP contribution in [-0.2, 0) is 15.8 Å². The number of alkyl halides is 3. The Hall–Kier alpha value is -3.70. The highest BCUT2D eigenvalue weighted by atomic mass is 19.4. The van der Waals surface area contributed by atoms with Gasteiger partial charge in [0.1, 0.15) is 23.2 Å². The van der Waals surface area contributed by atoms with E-state index in [4.69, 9.17) is 5.73 Å². The van der Waals surface area contributed by atoms with Gasteiger partial charge >= 0.3 is 6.18 Å². The molecule has 1 aliphatic heterocycles. The van der Waals surface area contributed by atoms with E-state index in [1.807, 2.05) is 0 Å². The summed E-state index contributed by atoms with van der Waals surface area (Å²) in [6.07, 6.45) is -2.19. The molecule has 2 N–H and O–H groups in total.